The minimum absolute atomic E-state index is 0.210. The highest BCUT2D eigenvalue weighted by atomic mass is 79.9. The molecule has 0 heterocycles. The Morgan fingerprint density at radius 3 is 2.00 bits per heavy atom. The number of hydrogen-bond donors (Lipinski definition) is 1. The minimum Gasteiger partial charge on any atom is -0.507 e. The van der Waals surface area contributed by atoms with Crippen LogP contribution >= 0.6 is 48.1 Å². The molecule has 0 spiro atoms. The van der Waals surface area contributed by atoms with Gasteiger partial charge in [-0.05, 0) is 93.9 Å². The fraction of sp³-hybridized carbons (Fsp3) is 0.250. The van der Waals surface area contributed by atoms with Gasteiger partial charge in [0.25, 0.3) is 0 Å². The van der Waals surface area contributed by atoms with Gasteiger partial charge in [-0.15, -0.1) is 0 Å². The topological polar surface area (TPSA) is 29.5 Å². The van der Waals surface area contributed by atoms with Gasteiger partial charge in [-0.1, -0.05) is 0 Å². The SMILES string of the molecule is Cc1c(C)c(C)c(-c2c(O)ccc(Br)c2Br)c(OBr)c1C. The Labute approximate surface area is 150 Å². The monoisotopic (exact) mass is 476 g/mol. The van der Waals surface area contributed by atoms with Crippen LogP contribution in [-0.2, 0) is 0 Å². The van der Waals surface area contributed by atoms with Crippen LogP contribution in [0.5, 0.6) is 11.5 Å². The second kappa shape index (κ2) is 6.31. The molecule has 0 unspecified atom stereocenters. The van der Waals surface area contributed by atoms with Gasteiger partial charge in [0.1, 0.15) is 11.5 Å². The molecule has 0 saturated carbocycles. The largest absolute Gasteiger partial charge is 0.507 e. The molecular formula is C16H15Br3O2. The quantitative estimate of drug-likeness (QED) is 0.533. The van der Waals surface area contributed by atoms with Gasteiger partial charge in [0, 0.05) is 20.1 Å². The first-order chi connectivity index (χ1) is 9.81. The third-order valence-electron chi connectivity index (χ3n) is 4.03. The summed E-state index contributed by atoms with van der Waals surface area (Å²) in [5.41, 5.74) is 6.14. The fourth-order valence-electron chi connectivity index (χ4n) is 2.45. The zero-order valence-electron chi connectivity index (χ0n) is 12.1. The lowest BCUT2D eigenvalue weighted by molar-refractivity contribution is 0.476. The maximum absolute atomic E-state index is 10.3. The van der Waals surface area contributed by atoms with Crippen LogP contribution in [0.4, 0.5) is 0 Å². The fourth-order valence-corrected chi connectivity index (χ4v) is 3.72. The Morgan fingerprint density at radius 2 is 1.43 bits per heavy atom. The lowest BCUT2D eigenvalue weighted by atomic mass is 9.89. The van der Waals surface area contributed by atoms with Crippen LogP contribution in [0, 0.1) is 27.7 Å². The predicted molar refractivity (Wildman–Crippen MR) is 97.4 cm³/mol. The van der Waals surface area contributed by atoms with E-state index in [-0.39, 0.29) is 5.75 Å². The zero-order chi connectivity index (χ0) is 15.9. The van der Waals surface area contributed by atoms with E-state index in [0.29, 0.717) is 0 Å². The highest BCUT2D eigenvalue weighted by Gasteiger charge is 2.23. The molecular weight excluding hydrogens is 464 g/mol. The summed E-state index contributed by atoms with van der Waals surface area (Å²) in [6.07, 6.45) is 0. The lowest BCUT2D eigenvalue weighted by Gasteiger charge is -2.20. The summed E-state index contributed by atoms with van der Waals surface area (Å²) >= 11 is 10.2. The molecule has 0 atom stereocenters. The third kappa shape index (κ3) is 2.76. The van der Waals surface area contributed by atoms with E-state index in [1.165, 1.54) is 11.1 Å². The van der Waals surface area contributed by atoms with E-state index in [1.54, 1.807) is 12.1 Å². The molecule has 0 radical (unpaired) electrons. The van der Waals surface area contributed by atoms with Crippen LogP contribution < -0.4 is 3.83 Å². The van der Waals surface area contributed by atoms with Crippen LogP contribution in [0.3, 0.4) is 0 Å². The van der Waals surface area contributed by atoms with Gasteiger partial charge in [0.15, 0.2) is 16.3 Å². The van der Waals surface area contributed by atoms with Crippen molar-refractivity contribution in [1.82, 2.24) is 0 Å². The first-order valence-corrected chi connectivity index (χ1v) is 8.60. The predicted octanol–water partition coefficient (Wildman–Crippen LogP) is 6.51. The molecule has 21 heavy (non-hydrogen) atoms. The van der Waals surface area contributed by atoms with E-state index >= 15 is 0 Å². The van der Waals surface area contributed by atoms with Crippen molar-refractivity contribution in [3.8, 4) is 22.6 Å². The van der Waals surface area contributed by atoms with E-state index < -0.39 is 0 Å². The van der Waals surface area contributed by atoms with E-state index in [0.717, 1.165) is 36.9 Å². The second-order valence-corrected chi connectivity index (χ2v) is 7.01. The van der Waals surface area contributed by atoms with Gasteiger partial charge < -0.3 is 8.93 Å². The van der Waals surface area contributed by atoms with Gasteiger partial charge in [-0.3, -0.25) is 0 Å². The van der Waals surface area contributed by atoms with Crippen molar-refractivity contribution >= 4 is 48.1 Å². The standard InChI is InChI=1S/C16H15Br3O2/c1-7-8(2)10(4)16(21-19)13(9(7)3)14-12(20)6-5-11(17)15(14)18/h5-6,20H,1-4H3. The van der Waals surface area contributed by atoms with Crippen molar-refractivity contribution < 1.29 is 8.93 Å². The first kappa shape index (κ1) is 16.8. The van der Waals surface area contributed by atoms with Crippen molar-refractivity contribution in [1.29, 1.82) is 0 Å². The summed E-state index contributed by atoms with van der Waals surface area (Å²) in [7, 11) is 0. The molecule has 2 aromatic rings. The summed E-state index contributed by atoms with van der Waals surface area (Å²) in [6, 6.07) is 3.48. The number of halogens is 3. The molecule has 2 aromatic carbocycles. The smallest absolute Gasteiger partial charge is 0.179 e. The second-order valence-electron chi connectivity index (χ2n) is 5.04. The molecule has 5 heteroatoms. The molecule has 0 bridgehead atoms. The number of phenols is 1. The summed E-state index contributed by atoms with van der Waals surface area (Å²) in [5.74, 6) is 0.936. The highest BCUT2D eigenvalue weighted by Crippen LogP contribution is 2.48. The van der Waals surface area contributed by atoms with Gasteiger partial charge in [-0.2, -0.15) is 0 Å². The Kier molecular flexibility index (Phi) is 5.06. The van der Waals surface area contributed by atoms with Crippen molar-refractivity contribution in [2.24, 2.45) is 0 Å². The van der Waals surface area contributed by atoms with E-state index in [2.05, 4.69) is 62.0 Å². The lowest BCUT2D eigenvalue weighted by Crippen LogP contribution is -1.99. The third-order valence-corrected chi connectivity index (χ3v) is 6.37. The van der Waals surface area contributed by atoms with Gasteiger partial charge in [0.05, 0.1) is 0 Å². The summed E-state index contributed by atoms with van der Waals surface area (Å²) < 4.78 is 7.15. The zero-order valence-corrected chi connectivity index (χ0v) is 16.9. The Morgan fingerprint density at radius 1 is 0.857 bits per heavy atom. The van der Waals surface area contributed by atoms with E-state index in [4.69, 9.17) is 3.83 Å². The van der Waals surface area contributed by atoms with Crippen molar-refractivity contribution in [2.45, 2.75) is 27.7 Å². The average molecular weight is 479 g/mol. The normalized spacial score (nSPS) is 10.8. The molecule has 1 N–H and O–H groups in total. The van der Waals surface area contributed by atoms with Crippen molar-refractivity contribution in [3.05, 3.63) is 43.3 Å². The number of phenolic OH excluding ortho intramolecular Hbond substituents is 1. The summed E-state index contributed by atoms with van der Waals surface area (Å²) in [6.45, 7) is 8.22. The molecule has 2 rings (SSSR count). The maximum Gasteiger partial charge on any atom is 0.179 e. The minimum atomic E-state index is 0.210. The van der Waals surface area contributed by atoms with Crippen LogP contribution in [0.25, 0.3) is 11.1 Å². The van der Waals surface area contributed by atoms with Crippen LogP contribution in [-0.4, -0.2) is 5.11 Å². The number of rotatable bonds is 2. The summed E-state index contributed by atoms with van der Waals surface area (Å²) in [5, 5.41) is 10.3. The van der Waals surface area contributed by atoms with Gasteiger partial charge in [-0.25, -0.2) is 0 Å². The maximum atomic E-state index is 10.3. The number of aromatic hydroxyl groups is 1. The van der Waals surface area contributed by atoms with Crippen LogP contribution in [0.15, 0.2) is 21.1 Å². The molecule has 0 saturated heterocycles. The molecule has 112 valence electrons. The molecule has 0 aromatic heterocycles. The van der Waals surface area contributed by atoms with Crippen LogP contribution in [0.1, 0.15) is 22.3 Å². The Balaban J connectivity index is 2.98. The van der Waals surface area contributed by atoms with Crippen molar-refractivity contribution in [3.63, 3.8) is 0 Å². The first-order valence-electron chi connectivity index (χ1n) is 6.37. The average Bonchev–Trinajstić information content (AvgIpc) is 2.46. The van der Waals surface area contributed by atoms with E-state index in [9.17, 15) is 5.11 Å². The Bertz CT molecular complexity index is 724. The molecule has 2 nitrogen and oxygen atoms in total. The molecule has 0 aliphatic heterocycles. The number of hydrogen-bond acceptors (Lipinski definition) is 2. The molecule has 0 aliphatic rings. The number of benzene rings is 2. The Hall–Kier alpha value is -0.520. The van der Waals surface area contributed by atoms with Gasteiger partial charge in [0.2, 0.25) is 0 Å². The van der Waals surface area contributed by atoms with Crippen LogP contribution in [0.2, 0.25) is 0 Å². The molecule has 0 amide bonds. The summed E-state index contributed by atoms with van der Waals surface area (Å²) in [4.78, 5) is 0. The van der Waals surface area contributed by atoms with Gasteiger partial charge >= 0.3 is 0 Å². The molecule has 0 aliphatic carbocycles. The van der Waals surface area contributed by atoms with Crippen molar-refractivity contribution in [2.75, 3.05) is 0 Å². The molecule has 0 fully saturated rings. The van der Waals surface area contributed by atoms with E-state index in [1.807, 2.05) is 13.8 Å². The highest BCUT2D eigenvalue weighted by molar-refractivity contribution is 9.13.